The molecule has 1 aliphatic rings. The molecule has 142 valence electrons. The van der Waals surface area contributed by atoms with E-state index in [1.165, 1.54) is 11.3 Å². The summed E-state index contributed by atoms with van der Waals surface area (Å²) >= 11 is 1.54. The van der Waals surface area contributed by atoms with E-state index in [4.69, 9.17) is 0 Å². The van der Waals surface area contributed by atoms with Crippen molar-refractivity contribution in [2.75, 3.05) is 6.54 Å². The van der Waals surface area contributed by atoms with Gasteiger partial charge in [-0.2, -0.15) is 10.4 Å². The molecule has 0 bridgehead atoms. The Labute approximate surface area is 167 Å². The molecule has 1 saturated heterocycles. The second-order valence-corrected chi connectivity index (χ2v) is 8.02. The van der Waals surface area contributed by atoms with E-state index in [-0.39, 0.29) is 11.9 Å². The Kier molecular flexibility index (Phi) is 4.97. The summed E-state index contributed by atoms with van der Waals surface area (Å²) in [6.07, 6.45) is 7.33. The summed E-state index contributed by atoms with van der Waals surface area (Å²) in [7, 11) is 0. The van der Waals surface area contributed by atoms with Gasteiger partial charge in [-0.1, -0.05) is 13.0 Å². The molecular formula is C21H21N5OS. The standard InChI is InChI=1S/C21H21N5OS/c1-2-17-10-21(14-22,19-5-3-4-7-23-19)6-8-26(17)20(27)15-9-18(28-13-15)16-11-24-25-12-16/h3-5,7,9,11-13,17H,2,6,8,10H2,1H3,(H,24,25). The van der Waals surface area contributed by atoms with Crippen molar-refractivity contribution in [1.82, 2.24) is 20.1 Å². The molecule has 0 radical (unpaired) electrons. The molecule has 1 amide bonds. The Morgan fingerprint density at radius 1 is 1.50 bits per heavy atom. The summed E-state index contributed by atoms with van der Waals surface area (Å²) in [6.45, 7) is 2.62. The van der Waals surface area contributed by atoms with Crippen LogP contribution in [-0.4, -0.2) is 38.6 Å². The maximum absolute atomic E-state index is 13.2. The number of amides is 1. The minimum absolute atomic E-state index is 0.0141. The first-order valence-electron chi connectivity index (χ1n) is 9.38. The Morgan fingerprint density at radius 3 is 3.07 bits per heavy atom. The van der Waals surface area contributed by atoms with Gasteiger partial charge in [-0.3, -0.25) is 14.9 Å². The molecule has 4 rings (SSSR count). The van der Waals surface area contributed by atoms with E-state index >= 15 is 0 Å². The molecular weight excluding hydrogens is 370 g/mol. The third-order valence-corrected chi connectivity index (χ3v) is 6.51. The van der Waals surface area contributed by atoms with Gasteiger partial charge in [0.2, 0.25) is 0 Å². The molecule has 1 N–H and O–H groups in total. The number of nitrogens with zero attached hydrogens (tertiary/aromatic N) is 4. The number of aromatic nitrogens is 3. The second kappa shape index (κ2) is 7.56. The number of pyridine rings is 1. The number of H-pyrrole nitrogens is 1. The van der Waals surface area contributed by atoms with Crippen molar-refractivity contribution in [2.24, 2.45) is 0 Å². The molecule has 0 aromatic carbocycles. The van der Waals surface area contributed by atoms with Gasteiger partial charge in [-0.25, -0.2) is 0 Å². The lowest BCUT2D eigenvalue weighted by atomic mass is 9.73. The van der Waals surface area contributed by atoms with Gasteiger partial charge < -0.3 is 4.90 Å². The van der Waals surface area contributed by atoms with Crippen molar-refractivity contribution in [2.45, 2.75) is 37.6 Å². The van der Waals surface area contributed by atoms with Crippen LogP contribution < -0.4 is 0 Å². The number of aromatic amines is 1. The van der Waals surface area contributed by atoms with Crippen molar-refractivity contribution >= 4 is 17.2 Å². The minimum atomic E-state index is -0.630. The predicted molar refractivity (Wildman–Crippen MR) is 108 cm³/mol. The van der Waals surface area contributed by atoms with Gasteiger partial charge in [0.05, 0.1) is 23.5 Å². The van der Waals surface area contributed by atoms with E-state index in [1.807, 2.05) is 40.7 Å². The number of hydrogen-bond donors (Lipinski definition) is 1. The number of rotatable bonds is 4. The number of likely N-dealkylation sites (tertiary alicyclic amines) is 1. The first-order chi connectivity index (χ1) is 13.7. The largest absolute Gasteiger partial charge is 0.336 e. The predicted octanol–water partition coefficient (Wildman–Crippen LogP) is 4.01. The smallest absolute Gasteiger partial charge is 0.254 e. The quantitative estimate of drug-likeness (QED) is 0.728. The molecule has 7 heteroatoms. The first-order valence-corrected chi connectivity index (χ1v) is 10.3. The molecule has 1 aliphatic heterocycles. The van der Waals surface area contributed by atoms with Crippen LogP contribution in [0.5, 0.6) is 0 Å². The Morgan fingerprint density at radius 2 is 2.39 bits per heavy atom. The van der Waals surface area contributed by atoms with Gasteiger partial charge in [-0.05, 0) is 37.5 Å². The number of thiophene rings is 1. The van der Waals surface area contributed by atoms with Crippen molar-refractivity contribution in [3.63, 3.8) is 0 Å². The van der Waals surface area contributed by atoms with Crippen LogP contribution in [0.15, 0.2) is 48.2 Å². The van der Waals surface area contributed by atoms with Gasteiger partial charge in [0.1, 0.15) is 5.41 Å². The van der Waals surface area contributed by atoms with Crippen molar-refractivity contribution in [3.05, 3.63) is 59.5 Å². The van der Waals surface area contributed by atoms with Gasteiger partial charge in [-0.15, -0.1) is 11.3 Å². The van der Waals surface area contributed by atoms with Crippen LogP contribution in [0.4, 0.5) is 0 Å². The van der Waals surface area contributed by atoms with Crippen molar-refractivity contribution in [3.8, 4) is 16.5 Å². The van der Waals surface area contributed by atoms with Gasteiger partial charge in [0, 0.05) is 40.8 Å². The average molecular weight is 392 g/mol. The molecule has 3 aromatic rings. The highest BCUT2D eigenvalue weighted by Crippen LogP contribution is 2.38. The summed E-state index contributed by atoms with van der Waals surface area (Å²) in [6, 6.07) is 10.2. The monoisotopic (exact) mass is 391 g/mol. The number of nitrogens with one attached hydrogen (secondary N) is 1. The first kappa shape index (κ1) is 18.4. The van der Waals surface area contributed by atoms with Crippen LogP contribution in [0.25, 0.3) is 10.4 Å². The number of nitriles is 1. The fraction of sp³-hybridized carbons (Fsp3) is 0.333. The normalized spacial score (nSPS) is 22.0. The van der Waals surface area contributed by atoms with Gasteiger partial charge in [0.25, 0.3) is 5.91 Å². The summed E-state index contributed by atoms with van der Waals surface area (Å²) in [5, 5.41) is 18.6. The van der Waals surface area contributed by atoms with Crippen molar-refractivity contribution < 1.29 is 4.79 Å². The Bertz CT molecular complexity index is 991. The average Bonchev–Trinajstić information content (AvgIpc) is 3.45. The maximum Gasteiger partial charge on any atom is 0.254 e. The second-order valence-electron chi connectivity index (χ2n) is 7.11. The number of carbonyl (C=O) groups is 1. The Balaban J connectivity index is 1.57. The summed E-state index contributed by atoms with van der Waals surface area (Å²) in [5.74, 6) is 0.0328. The van der Waals surface area contributed by atoms with Gasteiger partial charge in [0.15, 0.2) is 0 Å². The molecule has 6 nitrogen and oxygen atoms in total. The van der Waals surface area contributed by atoms with E-state index in [2.05, 4.69) is 28.2 Å². The van der Waals surface area contributed by atoms with E-state index < -0.39 is 5.41 Å². The lowest BCUT2D eigenvalue weighted by Crippen LogP contribution is -2.51. The van der Waals surface area contributed by atoms with Crippen LogP contribution in [0.1, 0.15) is 42.2 Å². The van der Waals surface area contributed by atoms with Gasteiger partial charge >= 0.3 is 0 Å². The van der Waals surface area contributed by atoms with Crippen LogP contribution in [0, 0.1) is 11.3 Å². The highest BCUT2D eigenvalue weighted by Gasteiger charge is 2.43. The highest BCUT2D eigenvalue weighted by atomic mass is 32.1. The van der Waals surface area contributed by atoms with E-state index in [9.17, 15) is 10.1 Å². The lowest BCUT2D eigenvalue weighted by Gasteiger charge is -2.42. The van der Waals surface area contributed by atoms with E-state index in [1.54, 1.807) is 12.4 Å². The van der Waals surface area contributed by atoms with Crippen LogP contribution in [0.3, 0.4) is 0 Å². The lowest BCUT2D eigenvalue weighted by molar-refractivity contribution is 0.0542. The molecule has 2 unspecified atom stereocenters. The molecule has 4 heterocycles. The topological polar surface area (TPSA) is 85.7 Å². The number of carbonyl (C=O) groups excluding carboxylic acids is 1. The zero-order valence-corrected chi connectivity index (χ0v) is 16.4. The zero-order valence-electron chi connectivity index (χ0n) is 15.6. The maximum atomic E-state index is 13.2. The SMILES string of the molecule is CCC1CC(C#N)(c2ccccn2)CCN1C(=O)c1csc(-c2cn[nH]c2)c1. The summed E-state index contributed by atoms with van der Waals surface area (Å²) in [4.78, 5) is 20.6. The van der Waals surface area contributed by atoms with Crippen LogP contribution in [-0.2, 0) is 5.41 Å². The van der Waals surface area contributed by atoms with Crippen LogP contribution >= 0.6 is 11.3 Å². The highest BCUT2D eigenvalue weighted by molar-refractivity contribution is 7.13. The van der Waals surface area contributed by atoms with E-state index in [0.29, 0.717) is 24.9 Å². The molecule has 2 atom stereocenters. The Hall–Kier alpha value is -2.98. The molecule has 0 saturated carbocycles. The summed E-state index contributed by atoms with van der Waals surface area (Å²) in [5.41, 5.74) is 1.85. The van der Waals surface area contributed by atoms with Crippen molar-refractivity contribution in [1.29, 1.82) is 5.26 Å². The molecule has 0 spiro atoms. The summed E-state index contributed by atoms with van der Waals surface area (Å²) < 4.78 is 0. The zero-order chi connectivity index (χ0) is 19.6. The number of hydrogen-bond acceptors (Lipinski definition) is 5. The molecule has 28 heavy (non-hydrogen) atoms. The third-order valence-electron chi connectivity index (χ3n) is 5.53. The fourth-order valence-corrected chi connectivity index (χ4v) is 4.79. The van der Waals surface area contributed by atoms with E-state index in [0.717, 1.165) is 22.6 Å². The fourth-order valence-electron chi connectivity index (χ4n) is 3.93. The van der Waals surface area contributed by atoms with Crippen LogP contribution in [0.2, 0.25) is 0 Å². The number of piperidine rings is 1. The molecule has 1 fully saturated rings. The third kappa shape index (κ3) is 3.20. The minimum Gasteiger partial charge on any atom is -0.336 e. The molecule has 3 aromatic heterocycles. The molecule has 0 aliphatic carbocycles.